The number of piperidine rings is 1. The molecule has 0 unspecified atom stereocenters. The highest BCUT2D eigenvalue weighted by Gasteiger charge is 2.29. The minimum atomic E-state index is -3.39. The predicted molar refractivity (Wildman–Crippen MR) is 122 cm³/mol. The lowest BCUT2D eigenvalue weighted by Gasteiger charge is -2.32. The number of nitrogens with zero attached hydrogens (tertiary/aromatic N) is 3. The summed E-state index contributed by atoms with van der Waals surface area (Å²) in [7, 11) is 0.443. The highest BCUT2D eigenvalue weighted by molar-refractivity contribution is 7.89. The molecule has 0 amide bonds. The quantitative estimate of drug-likeness (QED) is 0.567. The summed E-state index contributed by atoms with van der Waals surface area (Å²) in [5.41, 5.74) is 2.55. The van der Waals surface area contributed by atoms with Crippen LogP contribution in [0.2, 0.25) is 0 Å². The molecule has 0 aliphatic carbocycles. The monoisotopic (exact) mass is 428 g/mol. The van der Waals surface area contributed by atoms with Gasteiger partial charge in [-0.15, -0.1) is 0 Å². The molecule has 0 aromatic heterocycles. The molecule has 0 saturated carbocycles. The first-order valence-electron chi connectivity index (χ1n) is 10.4. The number of sulfonamides is 1. The molecule has 1 aliphatic heterocycles. The van der Waals surface area contributed by atoms with Crippen LogP contribution in [0, 0.1) is 12.8 Å². The van der Waals surface area contributed by atoms with E-state index in [2.05, 4.69) is 46.4 Å². The van der Waals surface area contributed by atoms with Crippen LogP contribution in [0.15, 0.2) is 64.5 Å². The molecule has 1 aliphatic rings. The molecule has 2 aromatic rings. The van der Waals surface area contributed by atoms with Crippen molar-refractivity contribution in [2.75, 3.05) is 33.7 Å². The molecule has 30 heavy (non-hydrogen) atoms. The first kappa shape index (κ1) is 22.3. The van der Waals surface area contributed by atoms with Gasteiger partial charge in [0.25, 0.3) is 0 Å². The standard InChI is InChI=1S/C23H32N4O2S/c1-19-9-7-8-10-21(19)18-26(3)23(24-2)25-17-20-13-15-27(16-14-20)30(28,29)22-11-5-4-6-12-22/h4-12,20H,13-18H2,1-3H3,(H,24,25). The van der Waals surface area contributed by atoms with E-state index in [0.29, 0.717) is 23.9 Å². The first-order valence-corrected chi connectivity index (χ1v) is 11.9. The fourth-order valence-electron chi connectivity index (χ4n) is 3.83. The van der Waals surface area contributed by atoms with Crippen molar-refractivity contribution in [3.8, 4) is 0 Å². The molecule has 7 heteroatoms. The zero-order valence-corrected chi connectivity index (χ0v) is 18.9. The van der Waals surface area contributed by atoms with Crippen molar-refractivity contribution in [3.05, 3.63) is 65.7 Å². The Bertz CT molecular complexity index is 952. The highest BCUT2D eigenvalue weighted by atomic mass is 32.2. The summed E-state index contributed by atoms with van der Waals surface area (Å²) in [6.07, 6.45) is 1.69. The van der Waals surface area contributed by atoms with Crippen molar-refractivity contribution in [1.82, 2.24) is 14.5 Å². The van der Waals surface area contributed by atoms with Gasteiger partial charge in [0.1, 0.15) is 0 Å². The molecule has 0 bridgehead atoms. The van der Waals surface area contributed by atoms with E-state index in [1.807, 2.05) is 13.1 Å². The first-order chi connectivity index (χ1) is 14.4. The van der Waals surface area contributed by atoms with Gasteiger partial charge in [-0.25, -0.2) is 8.42 Å². The Morgan fingerprint density at radius 1 is 1.10 bits per heavy atom. The maximum atomic E-state index is 12.8. The molecular weight excluding hydrogens is 396 g/mol. The summed E-state index contributed by atoms with van der Waals surface area (Å²) >= 11 is 0. The number of guanidine groups is 1. The van der Waals surface area contributed by atoms with E-state index >= 15 is 0 Å². The Labute approximate surface area is 180 Å². The Kier molecular flexibility index (Phi) is 7.50. The van der Waals surface area contributed by atoms with Gasteiger partial charge in [-0.1, -0.05) is 42.5 Å². The van der Waals surface area contributed by atoms with Crippen molar-refractivity contribution in [1.29, 1.82) is 0 Å². The van der Waals surface area contributed by atoms with Crippen LogP contribution in [0.3, 0.4) is 0 Å². The molecule has 162 valence electrons. The zero-order valence-electron chi connectivity index (χ0n) is 18.1. The summed E-state index contributed by atoms with van der Waals surface area (Å²) < 4.78 is 27.2. The summed E-state index contributed by atoms with van der Waals surface area (Å²) in [5.74, 6) is 1.29. The van der Waals surface area contributed by atoms with E-state index in [0.717, 1.165) is 31.9 Å². The number of aryl methyl sites for hydroxylation is 1. The maximum Gasteiger partial charge on any atom is 0.243 e. The Balaban J connectivity index is 1.50. The lowest BCUT2D eigenvalue weighted by Crippen LogP contribution is -2.44. The third kappa shape index (κ3) is 5.40. The SMILES string of the molecule is CN=C(NCC1CCN(S(=O)(=O)c2ccccc2)CC1)N(C)Cc1ccccc1C. The van der Waals surface area contributed by atoms with Gasteiger partial charge < -0.3 is 10.2 Å². The van der Waals surface area contributed by atoms with Crippen molar-refractivity contribution in [2.24, 2.45) is 10.9 Å². The van der Waals surface area contributed by atoms with E-state index in [1.165, 1.54) is 11.1 Å². The number of nitrogens with one attached hydrogen (secondary N) is 1. The van der Waals surface area contributed by atoms with E-state index < -0.39 is 10.0 Å². The van der Waals surface area contributed by atoms with Gasteiger partial charge in [-0.3, -0.25) is 4.99 Å². The Morgan fingerprint density at radius 3 is 2.37 bits per heavy atom. The van der Waals surface area contributed by atoms with Gasteiger partial charge >= 0.3 is 0 Å². The molecule has 1 heterocycles. The van der Waals surface area contributed by atoms with Crippen LogP contribution < -0.4 is 5.32 Å². The fraction of sp³-hybridized carbons (Fsp3) is 0.435. The molecule has 0 radical (unpaired) electrons. The van der Waals surface area contributed by atoms with E-state index in [-0.39, 0.29) is 0 Å². The van der Waals surface area contributed by atoms with Crippen LogP contribution in [0.1, 0.15) is 24.0 Å². The number of benzene rings is 2. The average molecular weight is 429 g/mol. The molecule has 6 nitrogen and oxygen atoms in total. The second-order valence-corrected chi connectivity index (χ2v) is 9.81. The molecule has 1 N–H and O–H groups in total. The zero-order chi connectivity index (χ0) is 21.6. The molecular formula is C23H32N4O2S. The van der Waals surface area contributed by atoms with Crippen LogP contribution in [0.4, 0.5) is 0 Å². The Hall–Kier alpha value is -2.38. The summed E-state index contributed by atoms with van der Waals surface area (Å²) in [6, 6.07) is 17.1. The van der Waals surface area contributed by atoms with Crippen LogP contribution in [-0.2, 0) is 16.6 Å². The molecule has 0 spiro atoms. The molecule has 1 saturated heterocycles. The van der Waals surface area contributed by atoms with Crippen LogP contribution in [-0.4, -0.2) is 57.3 Å². The largest absolute Gasteiger partial charge is 0.356 e. The van der Waals surface area contributed by atoms with Gasteiger partial charge in [0, 0.05) is 40.3 Å². The number of rotatable bonds is 6. The van der Waals surface area contributed by atoms with Gasteiger partial charge in [0.2, 0.25) is 10.0 Å². The summed E-state index contributed by atoms with van der Waals surface area (Å²) in [5, 5.41) is 3.47. The third-order valence-electron chi connectivity index (χ3n) is 5.75. The number of hydrogen-bond acceptors (Lipinski definition) is 3. The highest BCUT2D eigenvalue weighted by Crippen LogP contribution is 2.23. The van der Waals surface area contributed by atoms with Crippen LogP contribution in [0.25, 0.3) is 0 Å². The predicted octanol–water partition coefficient (Wildman–Crippen LogP) is 3.10. The normalized spacial score (nSPS) is 16.4. The van der Waals surface area contributed by atoms with Crippen molar-refractivity contribution >= 4 is 16.0 Å². The maximum absolute atomic E-state index is 12.8. The van der Waals surface area contributed by atoms with E-state index in [1.54, 1.807) is 35.6 Å². The van der Waals surface area contributed by atoms with E-state index in [9.17, 15) is 8.42 Å². The number of aliphatic imine (C=N–C) groups is 1. The summed E-state index contributed by atoms with van der Waals surface area (Å²) in [6.45, 7) is 4.82. The van der Waals surface area contributed by atoms with Crippen molar-refractivity contribution in [2.45, 2.75) is 31.2 Å². The van der Waals surface area contributed by atoms with Crippen LogP contribution >= 0.6 is 0 Å². The van der Waals surface area contributed by atoms with E-state index in [4.69, 9.17) is 0 Å². The van der Waals surface area contributed by atoms with Crippen molar-refractivity contribution < 1.29 is 8.42 Å². The van der Waals surface area contributed by atoms with Gasteiger partial charge in [0.15, 0.2) is 5.96 Å². The fourth-order valence-corrected chi connectivity index (χ4v) is 5.32. The molecule has 0 atom stereocenters. The minimum absolute atomic E-state index is 0.375. The average Bonchev–Trinajstić information content (AvgIpc) is 2.77. The Morgan fingerprint density at radius 2 is 1.73 bits per heavy atom. The van der Waals surface area contributed by atoms with Gasteiger partial charge in [-0.05, 0) is 48.9 Å². The third-order valence-corrected chi connectivity index (χ3v) is 7.66. The minimum Gasteiger partial charge on any atom is -0.356 e. The number of hydrogen-bond donors (Lipinski definition) is 1. The smallest absolute Gasteiger partial charge is 0.243 e. The van der Waals surface area contributed by atoms with Gasteiger partial charge in [0.05, 0.1) is 4.90 Å². The molecule has 1 fully saturated rings. The lowest BCUT2D eigenvalue weighted by atomic mass is 9.98. The van der Waals surface area contributed by atoms with Crippen molar-refractivity contribution in [3.63, 3.8) is 0 Å². The van der Waals surface area contributed by atoms with Crippen LogP contribution in [0.5, 0.6) is 0 Å². The van der Waals surface area contributed by atoms with Gasteiger partial charge in [-0.2, -0.15) is 4.31 Å². The topological polar surface area (TPSA) is 65.0 Å². The second kappa shape index (κ2) is 10.1. The lowest BCUT2D eigenvalue weighted by molar-refractivity contribution is 0.272. The molecule has 3 rings (SSSR count). The molecule has 2 aromatic carbocycles. The summed E-state index contributed by atoms with van der Waals surface area (Å²) in [4.78, 5) is 6.91. The second-order valence-electron chi connectivity index (χ2n) is 7.87.